The quantitative estimate of drug-likeness (QED) is 0.396. The Morgan fingerprint density at radius 2 is 2.11 bits per heavy atom. The lowest BCUT2D eigenvalue weighted by Crippen LogP contribution is -2.13. The summed E-state index contributed by atoms with van der Waals surface area (Å²) in [5.41, 5.74) is 0.894. The van der Waals surface area contributed by atoms with Crippen LogP contribution >= 0.6 is 23.2 Å². The van der Waals surface area contributed by atoms with Gasteiger partial charge in [-0.05, 0) is 42.0 Å². The van der Waals surface area contributed by atoms with E-state index >= 15 is 0 Å². The lowest BCUT2D eigenvalue weighted by atomic mass is 10.1. The van der Waals surface area contributed by atoms with Crippen LogP contribution < -0.4 is 14.8 Å². The molecule has 0 spiro atoms. The normalized spacial score (nSPS) is 10.7. The number of ether oxygens (including phenoxy) is 2. The second-order valence-corrected chi connectivity index (χ2v) is 6.11. The second kappa shape index (κ2) is 9.67. The van der Waals surface area contributed by atoms with Gasteiger partial charge < -0.3 is 14.8 Å². The number of amides is 1. The van der Waals surface area contributed by atoms with E-state index in [1.54, 1.807) is 42.5 Å². The van der Waals surface area contributed by atoms with E-state index in [0.717, 1.165) is 0 Å². The highest BCUT2D eigenvalue weighted by Gasteiger charge is 2.14. The van der Waals surface area contributed by atoms with Crippen LogP contribution in [-0.4, -0.2) is 19.6 Å². The molecule has 2 rings (SSSR count). The number of hydrogen-bond acceptors (Lipinski definition) is 4. The van der Waals surface area contributed by atoms with Gasteiger partial charge in [-0.2, -0.15) is 5.26 Å². The summed E-state index contributed by atoms with van der Waals surface area (Å²) in [4.78, 5) is 12.4. The molecular weight excluding hydrogens is 387 g/mol. The minimum Gasteiger partial charge on any atom is -0.493 e. The summed E-state index contributed by atoms with van der Waals surface area (Å²) in [6, 6.07) is 11.7. The number of rotatable bonds is 7. The number of benzene rings is 2. The molecule has 0 aliphatic carbocycles. The fourth-order valence-corrected chi connectivity index (χ4v) is 2.65. The molecule has 0 aliphatic heterocycles. The van der Waals surface area contributed by atoms with Gasteiger partial charge >= 0.3 is 0 Å². The molecule has 0 radical (unpaired) electrons. The first-order valence-electron chi connectivity index (χ1n) is 7.78. The fourth-order valence-electron chi connectivity index (χ4n) is 2.19. The van der Waals surface area contributed by atoms with E-state index in [4.69, 9.17) is 32.7 Å². The summed E-state index contributed by atoms with van der Waals surface area (Å²) in [6.45, 7) is 3.84. The number of nitriles is 1. The van der Waals surface area contributed by atoms with Gasteiger partial charge in [-0.15, -0.1) is 0 Å². The number of carbonyl (C=O) groups is 1. The molecule has 0 aromatic heterocycles. The maximum atomic E-state index is 12.4. The van der Waals surface area contributed by atoms with Crippen LogP contribution in [0.4, 0.5) is 5.69 Å². The van der Waals surface area contributed by atoms with Crippen molar-refractivity contribution in [2.75, 3.05) is 19.0 Å². The van der Waals surface area contributed by atoms with Gasteiger partial charge in [-0.25, -0.2) is 0 Å². The van der Waals surface area contributed by atoms with Crippen LogP contribution in [0.3, 0.4) is 0 Å². The molecule has 0 atom stereocenters. The molecule has 138 valence electrons. The Kier molecular flexibility index (Phi) is 7.30. The van der Waals surface area contributed by atoms with E-state index in [1.165, 1.54) is 13.2 Å². The maximum Gasteiger partial charge on any atom is 0.266 e. The molecule has 1 amide bonds. The lowest BCUT2D eigenvalue weighted by Gasteiger charge is -2.12. The van der Waals surface area contributed by atoms with Crippen molar-refractivity contribution >= 4 is 40.9 Å². The van der Waals surface area contributed by atoms with Crippen molar-refractivity contribution in [2.24, 2.45) is 0 Å². The molecule has 0 saturated heterocycles. The highest BCUT2D eigenvalue weighted by atomic mass is 35.5. The average Bonchev–Trinajstić information content (AvgIpc) is 2.64. The number of halogens is 2. The lowest BCUT2D eigenvalue weighted by molar-refractivity contribution is -0.112. The molecule has 0 unspecified atom stereocenters. The molecule has 27 heavy (non-hydrogen) atoms. The summed E-state index contributed by atoms with van der Waals surface area (Å²) in [6.07, 6.45) is 2.99. The zero-order chi connectivity index (χ0) is 19.8. The number of hydrogen-bond donors (Lipinski definition) is 1. The summed E-state index contributed by atoms with van der Waals surface area (Å²) in [5.74, 6) is 0.170. The highest BCUT2D eigenvalue weighted by Crippen LogP contribution is 2.37. The van der Waals surface area contributed by atoms with Crippen molar-refractivity contribution in [3.8, 4) is 17.6 Å². The topological polar surface area (TPSA) is 71.3 Å². The predicted molar refractivity (Wildman–Crippen MR) is 107 cm³/mol. The van der Waals surface area contributed by atoms with Gasteiger partial charge in [-0.1, -0.05) is 41.9 Å². The third-order valence-electron chi connectivity index (χ3n) is 3.36. The Hall–Kier alpha value is -2.94. The first-order chi connectivity index (χ1) is 13.0. The van der Waals surface area contributed by atoms with Crippen LogP contribution in [0.2, 0.25) is 10.0 Å². The van der Waals surface area contributed by atoms with Crippen LogP contribution in [-0.2, 0) is 4.79 Å². The smallest absolute Gasteiger partial charge is 0.266 e. The zero-order valence-electron chi connectivity index (χ0n) is 14.5. The largest absolute Gasteiger partial charge is 0.493 e. The number of nitrogens with one attached hydrogen (secondary N) is 1. The Morgan fingerprint density at radius 1 is 1.33 bits per heavy atom. The number of carbonyl (C=O) groups excluding carboxylic acids is 1. The van der Waals surface area contributed by atoms with E-state index in [9.17, 15) is 10.1 Å². The molecule has 0 bridgehead atoms. The van der Waals surface area contributed by atoms with Crippen LogP contribution in [0.15, 0.2) is 54.6 Å². The SMILES string of the molecule is C=CCOc1c(Cl)cc(/C=C(\C#N)C(=O)Nc2cccc(Cl)c2)cc1OC. The van der Waals surface area contributed by atoms with Crippen molar-refractivity contribution in [1.82, 2.24) is 0 Å². The molecular formula is C20H16Cl2N2O3. The van der Waals surface area contributed by atoms with E-state index in [1.807, 2.05) is 6.07 Å². The summed E-state index contributed by atoms with van der Waals surface area (Å²) in [7, 11) is 1.47. The molecule has 2 aromatic rings. The second-order valence-electron chi connectivity index (χ2n) is 5.27. The predicted octanol–water partition coefficient (Wildman–Crippen LogP) is 5.11. The van der Waals surface area contributed by atoms with E-state index < -0.39 is 5.91 Å². The zero-order valence-corrected chi connectivity index (χ0v) is 16.0. The maximum absolute atomic E-state index is 12.4. The van der Waals surface area contributed by atoms with Gasteiger partial charge in [-0.3, -0.25) is 4.79 Å². The monoisotopic (exact) mass is 402 g/mol. The summed E-state index contributed by atoms with van der Waals surface area (Å²) < 4.78 is 10.8. The van der Waals surface area contributed by atoms with Crippen molar-refractivity contribution in [3.05, 3.63) is 70.2 Å². The van der Waals surface area contributed by atoms with E-state index in [0.29, 0.717) is 27.8 Å². The van der Waals surface area contributed by atoms with Crippen LogP contribution in [0.5, 0.6) is 11.5 Å². The minimum absolute atomic E-state index is 0.104. The van der Waals surface area contributed by atoms with Crippen LogP contribution in [0.25, 0.3) is 6.08 Å². The van der Waals surface area contributed by atoms with Crippen molar-refractivity contribution in [1.29, 1.82) is 5.26 Å². The first-order valence-corrected chi connectivity index (χ1v) is 8.54. The average molecular weight is 403 g/mol. The first kappa shape index (κ1) is 20.4. The molecule has 0 heterocycles. The van der Waals surface area contributed by atoms with Crippen molar-refractivity contribution < 1.29 is 14.3 Å². The van der Waals surface area contributed by atoms with Crippen LogP contribution in [0.1, 0.15) is 5.56 Å². The number of methoxy groups -OCH3 is 1. The Balaban J connectivity index is 2.31. The molecule has 0 saturated carbocycles. The van der Waals surface area contributed by atoms with Gasteiger partial charge in [0.1, 0.15) is 18.2 Å². The van der Waals surface area contributed by atoms with Gasteiger partial charge in [0, 0.05) is 10.7 Å². The highest BCUT2D eigenvalue weighted by molar-refractivity contribution is 6.32. The molecule has 0 fully saturated rings. The number of anilines is 1. The molecule has 1 N–H and O–H groups in total. The fraction of sp³-hybridized carbons (Fsp3) is 0.100. The number of nitrogens with zero attached hydrogens (tertiary/aromatic N) is 1. The Morgan fingerprint density at radius 3 is 2.74 bits per heavy atom. The van der Waals surface area contributed by atoms with Gasteiger partial charge in [0.2, 0.25) is 0 Å². The third kappa shape index (κ3) is 5.52. The Bertz CT molecular complexity index is 933. The van der Waals surface area contributed by atoms with Crippen molar-refractivity contribution in [2.45, 2.75) is 0 Å². The van der Waals surface area contributed by atoms with E-state index in [-0.39, 0.29) is 17.2 Å². The van der Waals surface area contributed by atoms with E-state index in [2.05, 4.69) is 11.9 Å². The van der Waals surface area contributed by atoms with Crippen molar-refractivity contribution in [3.63, 3.8) is 0 Å². The molecule has 5 nitrogen and oxygen atoms in total. The van der Waals surface area contributed by atoms with Gasteiger partial charge in [0.25, 0.3) is 5.91 Å². The summed E-state index contributed by atoms with van der Waals surface area (Å²) >= 11 is 12.1. The third-order valence-corrected chi connectivity index (χ3v) is 3.87. The summed E-state index contributed by atoms with van der Waals surface area (Å²) in [5, 5.41) is 12.7. The van der Waals surface area contributed by atoms with Gasteiger partial charge in [0.15, 0.2) is 11.5 Å². The van der Waals surface area contributed by atoms with Crippen LogP contribution in [0, 0.1) is 11.3 Å². The minimum atomic E-state index is -0.568. The molecule has 7 heteroatoms. The molecule has 0 aliphatic rings. The Labute approximate surface area is 167 Å². The molecule has 2 aromatic carbocycles. The standard InChI is InChI=1S/C20H16Cl2N2O3/c1-3-7-27-19-17(22)9-13(10-18(19)26-2)8-14(12-23)20(25)24-16-6-4-5-15(21)11-16/h3-6,8-11H,1,7H2,2H3,(H,24,25)/b14-8+. The van der Waals surface area contributed by atoms with Gasteiger partial charge in [0.05, 0.1) is 12.1 Å².